The summed E-state index contributed by atoms with van der Waals surface area (Å²) >= 11 is 3.71. The molecule has 149 heavy (non-hydrogen) atoms. The van der Waals surface area contributed by atoms with E-state index >= 15 is 0 Å². The molecule has 22 aromatic carbocycles. The van der Waals surface area contributed by atoms with Gasteiger partial charge in [-0.15, -0.1) is 22.7 Å². The van der Waals surface area contributed by atoms with Crippen molar-refractivity contribution in [2.45, 2.75) is 0 Å². The molecule has 34 rings (SSSR count). The van der Waals surface area contributed by atoms with Gasteiger partial charge in [0.1, 0.15) is 22.6 Å². The van der Waals surface area contributed by atoms with Gasteiger partial charge in [0, 0.05) is 161 Å². The van der Waals surface area contributed by atoms with Crippen molar-refractivity contribution < 1.29 is 4.42 Å². The molecule has 688 valence electrons. The first-order valence-corrected chi connectivity index (χ1v) is 52.0. The number of fused-ring (bicyclic) bond motifs is 38. The van der Waals surface area contributed by atoms with E-state index in [4.69, 9.17) is 44.3 Å². The molecule has 0 aliphatic rings. The molecule has 0 aliphatic heterocycles. The molecular weight excluding hydrogens is 1850 g/mol. The molecule has 0 amide bonds. The number of benzene rings is 22. The summed E-state index contributed by atoms with van der Waals surface area (Å²) < 4.78 is 16.0. The molecule has 0 radical (unpaired) electrons. The Labute approximate surface area is 856 Å². The Bertz CT molecular complexity index is 11700. The lowest BCUT2D eigenvalue weighted by Gasteiger charge is -2.15. The van der Waals surface area contributed by atoms with Crippen LogP contribution in [0.1, 0.15) is 0 Å². The van der Waals surface area contributed by atoms with E-state index < -0.39 is 0 Å². The molecule has 0 aliphatic carbocycles. The maximum Gasteiger partial charge on any atom is 0.235 e. The van der Waals surface area contributed by atoms with E-state index in [9.17, 15) is 0 Å². The molecule has 0 atom stereocenters. The van der Waals surface area contributed by atoms with Crippen LogP contribution in [0.2, 0.25) is 0 Å². The smallest absolute Gasteiger partial charge is 0.235 e. The monoisotopic (exact) mass is 1930 g/mol. The predicted octanol–water partition coefficient (Wildman–Crippen LogP) is 37.0. The highest BCUT2D eigenvalue weighted by molar-refractivity contribution is 7.27. The zero-order valence-corrected chi connectivity index (χ0v) is 81.2. The topological polar surface area (TPSA) is 126 Å². The maximum atomic E-state index is 6.52. The lowest BCUT2D eigenvalue weighted by Crippen LogP contribution is -2.03. The van der Waals surface area contributed by atoms with Gasteiger partial charge in [-0.3, -0.25) is 14.1 Å². The fraction of sp³-hybridized carbons (Fsp3) is 0. The average molecular weight is 1930 g/mol. The van der Waals surface area contributed by atoms with Crippen LogP contribution in [-0.4, -0.2) is 49.0 Å². The summed E-state index contributed by atoms with van der Waals surface area (Å²) in [6.45, 7) is 0. The van der Waals surface area contributed by atoms with Gasteiger partial charge in [0.25, 0.3) is 0 Å². The number of hydrogen-bond acceptors (Lipinski definition) is 11. The zero-order chi connectivity index (χ0) is 97.3. The first kappa shape index (κ1) is 83.1. The second kappa shape index (κ2) is 32.5. The van der Waals surface area contributed by atoms with Crippen LogP contribution in [0.4, 0.5) is 0 Å². The van der Waals surface area contributed by atoms with Crippen molar-refractivity contribution in [2.75, 3.05) is 0 Å². The van der Waals surface area contributed by atoms with Gasteiger partial charge in [0.15, 0.2) is 0 Å². The molecule has 34 aromatic rings. The molecule has 11 nitrogen and oxygen atoms in total. The molecular formula is C136H76N10OS2. The number of para-hydroxylation sites is 2. The van der Waals surface area contributed by atoms with E-state index in [1.807, 2.05) is 77.5 Å². The van der Waals surface area contributed by atoms with E-state index in [1.54, 1.807) is 0 Å². The minimum atomic E-state index is 0.604. The van der Waals surface area contributed by atoms with Crippen molar-refractivity contribution in [2.24, 2.45) is 0 Å². The van der Waals surface area contributed by atoms with Crippen molar-refractivity contribution in [3.8, 4) is 68.1 Å². The molecule has 13 heteroatoms. The molecule has 12 heterocycles. The largest absolute Gasteiger partial charge is 0.455 e. The normalized spacial score (nSPS) is 12.2. The summed E-state index contributed by atoms with van der Waals surface area (Å²) in [5, 5.41) is 39.2. The van der Waals surface area contributed by atoms with Gasteiger partial charge >= 0.3 is 0 Å². The number of hydrogen-bond donors (Lipinski definition) is 0. The zero-order valence-electron chi connectivity index (χ0n) is 79.6. The van der Waals surface area contributed by atoms with Crippen molar-refractivity contribution >= 4 is 280 Å². The second-order valence-corrected chi connectivity index (χ2v) is 40.9. The average Bonchev–Trinajstić information content (AvgIpc) is 1.59. The number of nitrogens with zero attached hydrogens (tertiary/aromatic N) is 10. The molecule has 0 bridgehead atoms. The fourth-order valence-electron chi connectivity index (χ4n) is 24.3. The molecule has 0 unspecified atom stereocenters. The van der Waals surface area contributed by atoms with Gasteiger partial charge in [-0.1, -0.05) is 358 Å². The van der Waals surface area contributed by atoms with E-state index in [1.165, 1.54) is 132 Å². The van der Waals surface area contributed by atoms with Gasteiger partial charge < -0.3 is 4.42 Å². The Balaban J connectivity index is 0.0000000999. The highest BCUT2D eigenvalue weighted by atomic mass is 32.1. The number of pyridine rings is 6. The lowest BCUT2D eigenvalue weighted by atomic mass is 9.90. The van der Waals surface area contributed by atoms with Crippen molar-refractivity contribution in [1.29, 1.82) is 0 Å². The van der Waals surface area contributed by atoms with Crippen LogP contribution >= 0.6 is 22.7 Å². The van der Waals surface area contributed by atoms with E-state index in [0.29, 0.717) is 5.95 Å². The van der Waals surface area contributed by atoms with Crippen molar-refractivity contribution in [1.82, 2.24) is 49.0 Å². The fourth-order valence-corrected chi connectivity index (χ4v) is 26.8. The Kier molecular flexibility index (Phi) is 18.1. The highest BCUT2D eigenvalue weighted by Crippen LogP contribution is 2.53. The van der Waals surface area contributed by atoms with Gasteiger partial charge in [-0.05, 0) is 161 Å². The summed E-state index contributed by atoms with van der Waals surface area (Å²) in [4.78, 5) is 42.6. The Hall–Kier alpha value is -19.4. The lowest BCUT2D eigenvalue weighted by molar-refractivity contribution is 0.673. The SMILES string of the molecule is c1cc2ccc3cc(-c4nc5c(c6ccccc46)c4ccccc4c4oc6ccccc6c54)cc4ccc(c1)c2c34.c1ccc(-c2nc(-n3c4cc(-c5nc6c(c7ccccc57)c5ccccc5c5sc7ccccc7c65)ccc4c4ncccc43)nc3ccccc23)cc1.c1ccc(-c2nc(-n3c4ccc(-c5nc6c(c7ccccc57)c5ccccc5c5sc7ccccc7c65)cc4c4cccnc43)cc3ccccc23)cc1. The second-order valence-electron chi connectivity index (χ2n) is 38.8. The van der Waals surface area contributed by atoms with Crippen molar-refractivity contribution in [3.05, 3.63) is 461 Å². The Morgan fingerprint density at radius 1 is 0.201 bits per heavy atom. The molecule has 12 aromatic heterocycles. The van der Waals surface area contributed by atoms with E-state index in [2.05, 4.69) is 416 Å². The van der Waals surface area contributed by atoms with Crippen LogP contribution in [0, 0.1) is 0 Å². The van der Waals surface area contributed by atoms with Crippen LogP contribution in [0.25, 0.3) is 326 Å². The van der Waals surface area contributed by atoms with Crippen LogP contribution in [0.15, 0.2) is 466 Å². The number of aromatic nitrogens is 10. The van der Waals surface area contributed by atoms with Crippen LogP contribution < -0.4 is 0 Å². The first-order chi connectivity index (χ1) is 73.9. The van der Waals surface area contributed by atoms with Crippen LogP contribution in [0.5, 0.6) is 0 Å². The summed E-state index contributed by atoms with van der Waals surface area (Å²) in [6, 6.07) is 160. The highest BCUT2D eigenvalue weighted by Gasteiger charge is 2.29. The van der Waals surface area contributed by atoms with Gasteiger partial charge in [-0.2, -0.15) is 0 Å². The first-order valence-electron chi connectivity index (χ1n) is 50.3. The van der Waals surface area contributed by atoms with Gasteiger partial charge in [0.05, 0.1) is 78.0 Å². The third kappa shape index (κ3) is 12.5. The summed E-state index contributed by atoms with van der Waals surface area (Å²) in [5.74, 6) is 1.44. The van der Waals surface area contributed by atoms with Gasteiger partial charge in [0.2, 0.25) is 5.95 Å². The summed E-state index contributed by atoms with van der Waals surface area (Å²) in [5.41, 5.74) is 20.6. The molecule has 0 N–H and O–H groups in total. The summed E-state index contributed by atoms with van der Waals surface area (Å²) in [6.07, 6.45) is 3.73. The molecule has 0 saturated carbocycles. The molecule has 0 fully saturated rings. The molecule has 0 saturated heterocycles. The standard InChI is InChI=1S/C49H28N4S.C48H27N5S.C39H21NO/c1-2-13-29(14-3-1)45-32-16-5-4-15-30(32)28-42(51-45)53-40-25-24-31(27-39(40)37-22-12-26-50-49(37)53)46-35-19-8-6-17-33(35)43-34-18-7-9-20-36(34)48-44(47(43)52-46)38-21-10-11-23-41(38)54-48;1-2-13-28(14-3-1)43-34-19-8-10-21-37(34)50-48(52-43)53-38-22-12-26-49-45(38)35-25-24-29(27-39(35)53)44-32-17-6-4-15-30(32)41-31-16-5-7-18-33(31)47-42(46(41)51-44)36-20-9-11-23-40(36)54-47;1-3-12-29-27(10-1)35-28-11-2-4-13-30(28)39-36(31-14-5-6-15-32(31)41-39)38(35)40-37(29)26-20-24-18-16-22-8-7-9-23-17-19-25(21-26)34(24)33(22)23/h1-28H;1-27H;1-21H. The Morgan fingerprint density at radius 2 is 0.638 bits per heavy atom. The van der Waals surface area contributed by atoms with Crippen molar-refractivity contribution in [3.63, 3.8) is 0 Å². The summed E-state index contributed by atoms with van der Waals surface area (Å²) in [7, 11) is 0. The van der Waals surface area contributed by atoms with Gasteiger partial charge in [-0.25, -0.2) is 34.9 Å². The minimum absolute atomic E-state index is 0.604. The number of rotatable bonds is 7. The van der Waals surface area contributed by atoms with Crippen LogP contribution in [0.3, 0.4) is 0 Å². The third-order valence-electron chi connectivity index (χ3n) is 30.7. The third-order valence-corrected chi connectivity index (χ3v) is 33.1. The number of furan rings is 1. The maximum absolute atomic E-state index is 6.52. The quantitative estimate of drug-likeness (QED) is 0.143. The Morgan fingerprint density at radius 3 is 1.25 bits per heavy atom. The minimum Gasteiger partial charge on any atom is -0.455 e. The predicted molar refractivity (Wildman–Crippen MR) is 627 cm³/mol. The van der Waals surface area contributed by atoms with Crippen LogP contribution in [-0.2, 0) is 0 Å². The van der Waals surface area contributed by atoms with E-state index in [-0.39, 0.29) is 0 Å². The molecule has 0 spiro atoms. The van der Waals surface area contributed by atoms with E-state index in [0.717, 1.165) is 188 Å². The number of thiophene rings is 2.